The maximum Gasteiger partial charge on any atom is 0.246 e. The Morgan fingerprint density at radius 2 is 2.05 bits per heavy atom. The molecule has 0 radical (unpaired) electrons. The molecule has 4 nitrogen and oxygen atoms in total. The standard InChI is InChI=1S/C12H15N3OS3/c1-7-8(2)19-11(9(7)5-13)15-10(16)6-14-12(17-3)18-4/h6H2,1-4H3,(H,15,16). The number of anilines is 1. The van der Waals surface area contributed by atoms with Crippen LogP contribution in [0.15, 0.2) is 4.99 Å². The fourth-order valence-corrected chi connectivity index (χ4v) is 3.45. The van der Waals surface area contributed by atoms with Crippen LogP contribution in [0, 0.1) is 25.2 Å². The smallest absolute Gasteiger partial charge is 0.246 e. The molecule has 0 unspecified atom stereocenters. The van der Waals surface area contributed by atoms with Gasteiger partial charge in [0.15, 0.2) is 0 Å². The normalized spacial score (nSPS) is 9.84. The van der Waals surface area contributed by atoms with Crippen molar-refractivity contribution in [3.05, 3.63) is 16.0 Å². The van der Waals surface area contributed by atoms with Crippen LogP contribution >= 0.6 is 34.9 Å². The molecule has 0 aliphatic carbocycles. The number of carbonyl (C=O) groups excluding carboxylic acids is 1. The summed E-state index contributed by atoms with van der Waals surface area (Å²) < 4.78 is 0.870. The number of nitrogens with one attached hydrogen (secondary N) is 1. The number of nitrogens with zero attached hydrogens (tertiary/aromatic N) is 2. The highest BCUT2D eigenvalue weighted by Crippen LogP contribution is 2.31. The summed E-state index contributed by atoms with van der Waals surface area (Å²) in [6.07, 6.45) is 3.85. The fourth-order valence-electron chi connectivity index (χ4n) is 1.36. The molecule has 0 fully saturated rings. The number of hydrogen-bond acceptors (Lipinski definition) is 6. The van der Waals surface area contributed by atoms with Crippen LogP contribution < -0.4 is 5.32 Å². The number of rotatable bonds is 3. The van der Waals surface area contributed by atoms with E-state index in [0.29, 0.717) is 10.6 Å². The zero-order valence-electron chi connectivity index (χ0n) is 11.2. The number of thioether (sulfide) groups is 2. The van der Waals surface area contributed by atoms with Crippen molar-refractivity contribution in [2.75, 3.05) is 24.4 Å². The largest absolute Gasteiger partial charge is 0.315 e. The summed E-state index contributed by atoms with van der Waals surface area (Å²) >= 11 is 4.46. The number of amides is 1. The lowest BCUT2D eigenvalue weighted by atomic mass is 10.2. The van der Waals surface area contributed by atoms with Crippen LogP contribution in [0.3, 0.4) is 0 Å². The maximum absolute atomic E-state index is 11.8. The van der Waals surface area contributed by atoms with E-state index >= 15 is 0 Å². The van der Waals surface area contributed by atoms with Gasteiger partial charge < -0.3 is 5.32 Å². The molecule has 1 rings (SSSR count). The molecule has 1 heterocycles. The van der Waals surface area contributed by atoms with Crippen molar-refractivity contribution in [3.8, 4) is 6.07 Å². The second-order valence-corrected chi connectivity index (χ2v) is 6.71. The summed E-state index contributed by atoms with van der Waals surface area (Å²) in [6, 6.07) is 2.13. The molecule has 0 bridgehead atoms. The Hall–Kier alpha value is -0.970. The van der Waals surface area contributed by atoms with Gasteiger partial charge in [-0.25, -0.2) is 0 Å². The van der Waals surface area contributed by atoms with Gasteiger partial charge in [0.1, 0.15) is 22.0 Å². The molecule has 0 saturated heterocycles. The second-order valence-electron chi connectivity index (χ2n) is 3.64. The summed E-state index contributed by atoms with van der Waals surface area (Å²) in [6.45, 7) is 3.91. The Morgan fingerprint density at radius 3 is 2.58 bits per heavy atom. The summed E-state index contributed by atoms with van der Waals surface area (Å²) in [7, 11) is 0. The minimum Gasteiger partial charge on any atom is -0.315 e. The average Bonchev–Trinajstić information content (AvgIpc) is 2.65. The first-order valence-electron chi connectivity index (χ1n) is 5.45. The van der Waals surface area contributed by atoms with E-state index in [1.807, 2.05) is 26.4 Å². The summed E-state index contributed by atoms with van der Waals surface area (Å²) in [5.41, 5.74) is 1.48. The van der Waals surface area contributed by atoms with Crippen LogP contribution in [0.2, 0.25) is 0 Å². The quantitative estimate of drug-likeness (QED) is 0.687. The highest BCUT2D eigenvalue weighted by molar-refractivity contribution is 8.38. The van der Waals surface area contributed by atoms with E-state index in [4.69, 9.17) is 5.26 Å². The monoisotopic (exact) mass is 313 g/mol. The predicted octanol–water partition coefficient (Wildman–Crippen LogP) is 3.26. The SMILES string of the molecule is CSC(=NCC(=O)Nc1sc(C)c(C)c1C#N)SC. The van der Waals surface area contributed by atoms with Gasteiger partial charge in [-0.05, 0) is 31.9 Å². The molecule has 0 aliphatic heterocycles. The van der Waals surface area contributed by atoms with E-state index < -0.39 is 0 Å². The van der Waals surface area contributed by atoms with E-state index in [1.165, 1.54) is 34.9 Å². The first-order chi connectivity index (χ1) is 9.03. The van der Waals surface area contributed by atoms with Gasteiger partial charge in [-0.2, -0.15) is 5.26 Å². The third-order valence-electron chi connectivity index (χ3n) is 2.45. The van der Waals surface area contributed by atoms with Crippen molar-refractivity contribution in [2.24, 2.45) is 4.99 Å². The first-order valence-corrected chi connectivity index (χ1v) is 8.72. The molecule has 7 heteroatoms. The number of thiophene rings is 1. The zero-order chi connectivity index (χ0) is 14.4. The number of aryl methyl sites for hydroxylation is 1. The zero-order valence-corrected chi connectivity index (χ0v) is 13.7. The van der Waals surface area contributed by atoms with Crippen molar-refractivity contribution in [1.29, 1.82) is 5.26 Å². The van der Waals surface area contributed by atoms with Crippen molar-refractivity contribution < 1.29 is 4.79 Å². The lowest BCUT2D eigenvalue weighted by molar-refractivity contribution is -0.114. The molecule has 0 aromatic carbocycles. The van der Waals surface area contributed by atoms with Gasteiger partial charge in [0.05, 0.1) is 5.56 Å². The molecular formula is C12H15N3OS3. The molecule has 1 aromatic rings. The molecule has 102 valence electrons. The maximum atomic E-state index is 11.8. The minimum absolute atomic E-state index is 0.0812. The average molecular weight is 313 g/mol. The van der Waals surface area contributed by atoms with E-state index in [9.17, 15) is 4.79 Å². The Morgan fingerprint density at radius 1 is 1.42 bits per heavy atom. The minimum atomic E-state index is -0.196. The lowest BCUT2D eigenvalue weighted by Crippen LogP contribution is -2.15. The van der Waals surface area contributed by atoms with Gasteiger partial charge in [0.25, 0.3) is 0 Å². The van der Waals surface area contributed by atoms with E-state index in [1.54, 1.807) is 0 Å². The van der Waals surface area contributed by atoms with Crippen LogP contribution in [-0.4, -0.2) is 29.3 Å². The molecular weight excluding hydrogens is 298 g/mol. The highest BCUT2D eigenvalue weighted by Gasteiger charge is 2.14. The van der Waals surface area contributed by atoms with Gasteiger partial charge in [-0.1, -0.05) is 0 Å². The topological polar surface area (TPSA) is 65.2 Å². The number of carbonyl (C=O) groups is 1. The van der Waals surface area contributed by atoms with Crippen LogP contribution in [-0.2, 0) is 4.79 Å². The first kappa shape index (κ1) is 16.1. The van der Waals surface area contributed by atoms with Crippen LogP contribution in [0.1, 0.15) is 16.0 Å². The predicted molar refractivity (Wildman–Crippen MR) is 86.5 cm³/mol. The second kappa shape index (κ2) is 7.58. The third kappa shape index (κ3) is 4.27. The van der Waals surface area contributed by atoms with Crippen LogP contribution in [0.5, 0.6) is 0 Å². The van der Waals surface area contributed by atoms with Gasteiger partial charge in [-0.15, -0.1) is 34.9 Å². The molecule has 1 aromatic heterocycles. The van der Waals surface area contributed by atoms with Crippen LogP contribution in [0.4, 0.5) is 5.00 Å². The lowest BCUT2D eigenvalue weighted by Gasteiger charge is -2.02. The molecule has 1 N–H and O–H groups in total. The Kier molecular flexibility index (Phi) is 6.42. The number of aliphatic imine (C=N–C) groups is 1. The van der Waals surface area contributed by atoms with E-state index in [0.717, 1.165) is 14.8 Å². The molecule has 0 spiro atoms. The highest BCUT2D eigenvalue weighted by atomic mass is 32.2. The summed E-state index contributed by atoms with van der Waals surface area (Å²) in [4.78, 5) is 17.0. The van der Waals surface area contributed by atoms with E-state index in [-0.39, 0.29) is 12.5 Å². The summed E-state index contributed by atoms with van der Waals surface area (Å²) in [5.74, 6) is -0.196. The van der Waals surface area contributed by atoms with Gasteiger partial charge >= 0.3 is 0 Å². The molecule has 0 saturated carbocycles. The Balaban J connectivity index is 2.76. The third-order valence-corrected chi connectivity index (χ3v) is 5.53. The summed E-state index contributed by atoms with van der Waals surface area (Å²) in [5, 5.41) is 12.5. The number of hydrogen-bond donors (Lipinski definition) is 1. The molecule has 0 atom stereocenters. The molecule has 0 aliphatic rings. The van der Waals surface area contributed by atoms with Gasteiger partial charge in [0, 0.05) is 4.88 Å². The Labute approximate surface area is 125 Å². The van der Waals surface area contributed by atoms with Crippen LogP contribution in [0.25, 0.3) is 0 Å². The van der Waals surface area contributed by atoms with Gasteiger partial charge in [0.2, 0.25) is 5.91 Å². The van der Waals surface area contributed by atoms with Crippen molar-refractivity contribution >= 4 is 50.1 Å². The molecule has 1 amide bonds. The molecule has 19 heavy (non-hydrogen) atoms. The number of nitriles is 1. The Bertz CT molecular complexity index is 537. The van der Waals surface area contributed by atoms with Crippen molar-refractivity contribution in [1.82, 2.24) is 0 Å². The fraction of sp³-hybridized carbons (Fsp3) is 0.417. The van der Waals surface area contributed by atoms with Gasteiger partial charge in [-0.3, -0.25) is 9.79 Å². The van der Waals surface area contributed by atoms with Crippen molar-refractivity contribution in [3.63, 3.8) is 0 Å². The van der Waals surface area contributed by atoms with Crippen molar-refractivity contribution in [2.45, 2.75) is 13.8 Å². The van der Waals surface area contributed by atoms with E-state index in [2.05, 4.69) is 16.4 Å².